The molecule has 1 saturated heterocycles. The van der Waals surface area contributed by atoms with E-state index in [1.807, 2.05) is 6.07 Å². The van der Waals surface area contributed by atoms with Gasteiger partial charge in [0.05, 0.1) is 17.9 Å². The van der Waals surface area contributed by atoms with Gasteiger partial charge in [-0.25, -0.2) is 4.39 Å². The van der Waals surface area contributed by atoms with Gasteiger partial charge in [-0.2, -0.15) is 0 Å². The lowest BCUT2D eigenvalue weighted by Crippen LogP contribution is -2.49. The number of anilines is 3. The molecule has 1 amide bonds. The van der Waals surface area contributed by atoms with Crippen LogP contribution in [0.15, 0.2) is 42.5 Å². The second kappa shape index (κ2) is 7.09. The summed E-state index contributed by atoms with van der Waals surface area (Å²) in [6.07, 6.45) is 2.14. The molecule has 2 aromatic carbocycles. The molecule has 28 heavy (non-hydrogen) atoms. The van der Waals surface area contributed by atoms with Gasteiger partial charge in [-0.3, -0.25) is 4.79 Å². The largest absolute Gasteiger partial charge is 0.385 e. The maximum absolute atomic E-state index is 13.0. The van der Waals surface area contributed by atoms with Gasteiger partial charge >= 0.3 is 0 Å². The number of carbonyl (C=O) groups is 1. The predicted molar refractivity (Wildman–Crippen MR) is 110 cm³/mol. The highest BCUT2D eigenvalue weighted by molar-refractivity contribution is 6.03. The summed E-state index contributed by atoms with van der Waals surface area (Å²) in [5.41, 5.74) is 4.57. The zero-order valence-electron chi connectivity index (χ0n) is 15.8. The Kier molecular flexibility index (Phi) is 4.43. The quantitative estimate of drug-likeness (QED) is 0.782. The summed E-state index contributed by atoms with van der Waals surface area (Å²) < 4.78 is 13.0. The fraction of sp³-hybridized carbons (Fsp3) is 0.409. The summed E-state index contributed by atoms with van der Waals surface area (Å²) in [6.45, 7) is 4.51. The van der Waals surface area contributed by atoms with Crippen LogP contribution in [-0.2, 0) is 4.79 Å². The molecule has 0 aromatic heterocycles. The van der Waals surface area contributed by atoms with Crippen molar-refractivity contribution in [1.29, 1.82) is 0 Å². The third kappa shape index (κ3) is 3.11. The Morgan fingerprint density at radius 1 is 1.18 bits per heavy atom. The molecule has 3 aliphatic heterocycles. The van der Waals surface area contributed by atoms with Crippen molar-refractivity contribution in [1.82, 2.24) is 4.90 Å². The zero-order valence-corrected chi connectivity index (χ0v) is 15.8. The number of fused-ring (bicyclic) bond motifs is 3. The second-order valence-corrected chi connectivity index (χ2v) is 7.97. The van der Waals surface area contributed by atoms with E-state index in [1.54, 1.807) is 12.1 Å². The van der Waals surface area contributed by atoms with Crippen LogP contribution >= 0.6 is 0 Å². The molecule has 1 fully saturated rings. The first kappa shape index (κ1) is 17.5. The van der Waals surface area contributed by atoms with Gasteiger partial charge in [0.25, 0.3) is 0 Å². The lowest BCUT2D eigenvalue weighted by molar-refractivity contribution is -0.115. The first-order valence-electron chi connectivity index (χ1n) is 10.1. The van der Waals surface area contributed by atoms with E-state index in [0.29, 0.717) is 18.5 Å². The molecule has 0 radical (unpaired) electrons. The number of rotatable bonds is 5. The molecule has 2 aromatic rings. The van der Waals surface area contributed by atoms with Crippen molar-refractivity contribution in [3.63, 3.8) is 0 Å². The highest BCUT2D eigenvalue weighted by Crippen LogP contribution is 2.49. The van der Waals surface area contributed by atoms with Crippen LogP contribution in [0.2, 0.25) is 0 Å². The molecule has 5 rings (SSSR count). The molecule has 3 aliphatic rings. The number of halogens is 1. The van der Waals surface area contributed by atoms with Gasteiger partial charge in [0.15, 0.2) is 0 Å². The van der Waals surface area contributed by atoms with E-state index in [2.05, 4.69) is 32.6 Å². The van der Waals surface area contributed by atoms with Gasteiger partial charge in [0.1, 0.15) is 5.82 Å². The SMILES string of the molecule is O=C1CN2c3c(cccc3[C@@H]3CN(CCCNc4ccc(F)cc4)CC[C@@H]32)N1. The Balaban J connectivity index is 1.20. The molecule has 0 spiro atoms. The van der Waals surface area contributed by atoms with Gasteiger partial charge in [-0.15, -0.1) is 0 Å². The first-order valence-corrected chi connectivity index (χ1v) is 10.1. The number of likely N-dealkylation sites (tertiary alicyclic amines) is 1. The number of amides is 1. The molecule has 2 N–H and O–H groups in total. The van der Waals surface area contributed by atoms with Crippen LogP contribution in [0.5, 0.6) is 0 Å². The Morgan fingerprint density at radius 2 is 2.04 bits per heavy atom. The monoisotopic (exact) mass is 380 g/mol. The van der Waals surface area contributed by atoms with Crippen LogP contribution in [0.4, 0.5) is 21.5 Å². The molecule has 5 nitrogen and oxygen atoms in total. The second-order valence-electron chi connectivity index (χ2n) is 7.97. The molecule has 0 bridgehead atoms. The zero-order chi connectivity index (χ0) is 19.1. The van der Waals surface area contributed by atoms with Crippen molar-refractivity contribution < 1.29 is 9.18 Å². The van der Waals surface area contributed by atoms with E-state index < -0.39 is 0 Å². The number of hydrogen-bond donors (Lipinski definition) is 2. The molecule has 0 saturated carbocycles. The average molecular weight is 380 g/mol. The summed E-state index contributed by atoms with van der Waals surface area (Å²) >= 11 is 0. The van der Waals surface area contributed by atoms with E-state index >= 15 is 0 Å². The van der Waals surface area contributed by atoms with Crippen LogP contribution in [0.25, 0.3) is 0 Å². The van der Waals surface area contributed by atoms with Crippen LogP contribution in [0.1, 0.15) is 24.3 Å². The number of nitrogens with zero attached hydrogens (tertiary/aromatic N) is 2. The minimum absolute atomic E-state index is 0.0968. The number of benzene rings is 2. The summed E-state index contributed by atoms with van der Waals surface area (Å²) in [5.74, 6) is 0.365. The third-order valence-corrected chi connectivity index (χ3v) is 6.23. The molecule has 0 aliphatic carbocycles. The molecule has 0 unspecified atom stereocenters. The molecule has 2 atom stereocenters. The Bertz CT molecular complexity index is 885. The van der Waals surface area contributed by atoms with Crippen molar-refractivity contribution in [2.45, 2.75) is 24.8 Å². The summed E-state index contributed by atoms with van der Waals surface area (Å²) in [4.78, 5) is 17.0. The topological polar surface area (TPSA) is 47.6 Å². The summed E-state index contributed by atoms with van der Waals surface area (Å²) in [6, 6.07) is 13.3. The fourth-order valence-electron chi connectivity index (χ4n) is 4.98. The van der Waals surface area contributed by atoms with E-state index in [9.17, 15) is 9.18 Å². The van der Waals surface area contributed by atoms with E-state index in [4.69, 9.17) is 0 Å². The van der Waals surface area contributed by atoms with Gasteiger partial charge in [0.2, 0.25) is 5.91 Å². The van der Waals surface area contributed by atoms with E-state index in [0.717, 1.165) is 50.4 Å². The highest BCUT2D eigenvalue weighted by atomic mass is 19.1. The Morgan fingerprint density at radius 3 is 2.89 bits per heavy atom. The predicted octanol–water partition coefficient (Wildman–Crippen LogP) is 3.26. The van der Waals surface area contributed by atoms with Crippen molar-refractivity contribution in [2.24, 2.45) is 0 Å². The van der Waals surface area contributed by atoms with Crippen LogP contribution in [0, 0.1) is 5.82 Å². The van der Waals surface area contributed by atoms with E-state index in [1.165, 1.54) is 23.4 Å². The molecule has 3 heterocycles. The summed E-state index contributed by atoms with van der Waals surface area (Å²) in [5, 5.41) is 6.39. The van der Waals surface area contributed by atoms with Gasteiger partial charge in [-0.1, -0.05) is 12.1 Å². The van der Waals surface area contributed by atoms with Crippen LogP contribution in [0.3, 0.4) is 0 Å². The van der Waals surface area contributed by atoms with Crippen molar-refractivity contribution in [2.75, 3.05) is 48.3 Å². The van der Waals surface area contributed by atoms with Crippen LogP contribution < -0.4 is 15.5 Å². The standard InChI is InChI=1S/C22H25FN4O/c23-15-5-7-16(8-6-15)24-10-2-11-26-12-9-20-18(13-26)17-3-1-4-19-22(17)27(20)14-21(28)25-19/h1,3-8,18,20,24H,2,9-14H2,(H,25,28)/t18-,20-/m0/s1. The number of hydrogen-bond acceptors (Lipinski definition) is 4. The number of piperidine rings is 1. The molecule has 146 valence electrons. The fourth-order valence-corrected chi connectivity index (χ4v) is 4.98. The molecule has 6 heteroatoms. The number of carbonyl (C=O) groups excluding carboxylic acids is 1. The highest BCUT2D eigenvalue weighted by Gasteiger charge is 2.44. The van der Waals surface area contributed by atoms with Crippen molar-refractivity contribution in [3.05, 3.63) is 53.8 Å². The van der Waals surface area contributed by atoms with Gasteiger partial charge < -0.3 is 20.4 Å². The summed E-state index contributed by atoms with van der Waals surface area (Å²) in [7, 11) is 0. The van der Waals surface area contributed by atoms with Crippen molar-refractivity contribution >= 4 is 23.0 Å². The normalized spacial score (nSPS) is 23.2. The maximum atomic E-state index is 13.0. The molecular weight excluding hydrogens is 355 g/mol. The number of nitrogens with one attached hydrogen (secondary N) is 2. The maximum Gasteiger partial charge on any atom is 0.243 e. The number of para-hydroxylation sites is 1. The Hall–Kier alpha value is -2.60. The minimum atomic E-state index is -0.205. The third-order valence-electron chi connectivity index (χ3n) is 6.23. The lowest BCUT2D eigenvalue weighted by Gasteiger charge is -2.39. The van der Waals surface area contributed by atoms with Gasteiger partial charge in [-0.05, 0) is 55.3 Å². The minimum Gasteiger partial charge on any atom is -0.385 e. The van der Waals surface area contributed by atoms with Crippen molar-refractivity contribution in [3.8, 4) is 0 Å². The average Bonchev–Trinajstić information content (AvgIpc) is 3.01. The Labute approximate surface area is 164 Å². The van der Waals surface area contributed by atoms with Gasteiger partial charge in [0, 0.05) is 37.3 Å². The smallest absolute Gasteiger partial charge is 0.243 e. The first-order chi connectivity index (χ1) is 13.7. The van der Waals surface area contributed by atoms with E-state index in [-0.39, 0.29) is 11.7 Å². The van der Waals surface area contributed by atoms with Crippen LogP contribution in [-0.4, -0.2) is 49.6 Å². The molecular formula is C22H25FN4O. The lowest BCUT2D eigenvalue weighted by atomic mass is 9.89.